The van der Waals surface area contributed by atoms with Crippen molar-refractivity contribution in [3.8, 4) is 0 Å². The lowest BCUT2D eigenvalue weighted by Crippen LogP contribution is -2.22. The van der Waals surface area contributed by atoms with Gasteiger partial charge in [-0.25, -0.2) is 4.79 Å². The van der Waals surface area contributed by atoms with Crippen LogP contribution < -0.4 is 11.2 Å². The topological polar surface area (TPSA) is 133 Å². The molecule has 0 aliphatic rings. The first kappa shape index (κ1) is 22.7. The van der Waals surface area contributed by atoms with E-state index < -0.39 is 16.2 Å². The summed E-state index contributed by atoms with van der Waals surface area (Å²) in [4.78, 5) is 54.8. The van der Waals surface area contributed by atoms with Gasteiger partial charge in [-0.15, -0.1) is 0 Å². The van der Waals surface area contributed by atoms with Gasteiger partial charge in [0.1, 0.15) is 5.65 Å². The fourth-order valence-electron chi connectivity index (χ4n) is 3.31. The Kier molecular flexibility index (Phi) is 6.29. The van der Waals surface area contributed by atoms with Crippen LogP contribution in [0.3, 0.4) is 0 Å². The van der Waals surface area contributed by atoms with E-state index in [2.05, 4.69) is 25.9 Å². The molecule has 0 amide bonds. The highest BCUT2D eigenvalue weighted by Crippen LogP contribution is 2.20. The molecular weight excluding hydrogens is 514 g/mol. The van der Waals surface area contributed by atoms with Crippen LogP contribution in [0.25, 0.3) is 11.2 Å². The normalized spacial score (nSPS) is 11.1. The molecule has 0 spiro atoms. The second-order valence-corrected chi connectivity index (χ2v) is 8.98. The molecule has 168 valence electrons. The number of aromatic amines is 1. The number of carbonyl (C=O) groups is 1. The third-order valence-corrected chi connectivity index (χ3v) is 6.47. The molecule has 0 aliphatic carbocycles. The lowest BCUT2D eigenvalue weighted by Gasteiger charge is -2.09. The number of nitrogens with one attached hydrogen (secondary N) is 1. The molecule has 0 aliphatic heterocycles. The quantitative estimate of drug-likeness (QED) is 0.128. The summed E-state index contributed by atoms with van der Waals surface area (Å²) in [5.41, 5.74) is 0.471. The van der Waals surface area contributed by atoms with Crippen LogP contribution in [0.5, 0.6) is 0 Å². The Morgan fingerprint density at radius 2 is 1.94 bits per heavy atom. The number of rotatable bonds is 7. The first-order chi connectivity index (χ1) is 15.7. The maximum absolute atomic E-state index is 12.8. The van der Waals surface area contributed by atoms with Crippen LogP contribution in [-0.4, -0.2) is 35.6 Å². The third-order valence-electron chi connectivity index (χ3n) is 4.95. The van der Waals surface area contributed by atoms with Gasteiger partial charge in [0.05, 0.1) is 17.2 Å². The summed E-state index contributed by atoms with van der Waals surface area (Å²) in [6.45, 7) is 0.195. The number of non-ortho nitro benzene ring substituents is 1. The molecule has 10 nitrogen and oxygen atoms in total. The Morgan fingerprint density at radius 3 is 2.61 bits per heavy atom. The number of H-pyrrole nitrogens is 1. The number of halogens is 1. The smallest absolute Gasteiger partial charge is 0.308 e. The molecule has 2 heterocycles. The first-order valence-corrected chi connectivity index (χ1v) is 11.4. The minimum absolute atomic E-state index is 0.0351. The molecule has 0 bridgehead atoms. The van der Waals surface area contributed by atoms with Gasteiger partial charge in [-0.1, -0.05) is 39.8 Å². The number of fused-ring (bicyclic) bond motifs is 1. The van der Waals surface area contributed by atoms with Gasteiger partial charge in [0, 0.05) is 29.2 Å². The Bertz CT molecular complexity index is 1510. The zero-order chi connectivity index (χ0) is 23.7. The van der Waals surface area contributed by atoms with Gasteiger partial charge in [0.15, 0.2) is 16.5 Å². The average molecular weight is 530 g/mol. The average Bonchev–Trinajstić information content (AvgIpc) is 3.12. The van der Waals surface area contributed by atoms with Gasteiger partial charge in [-0.2, -0.15) is 4.98 Å². The van der Waals surface area contributed by atoms with Crippen LogP contribution in [0, 0.1) is 10.1 Å². The molecule has 0 atom stereocenters. The van der Waals surface area contributed by atoms with E-state index in [1.54, 1.807) is 11.6 Å². The van der Waals surface area contributed by atoms with Crippen molar-refractivity contribution in [2.75, 3.05) is 5.75 Å². The second-order valence-electron chi connectivity index (χ2n) is 7.12. The van der Waals surface area contributed by atoms with Gasteiger partial charge >= 0.3 is 5.69 Å². The summed E-state index contributed by atoms with van der Waals surface area (Å²) in [7, 11) is 1.65. The van der Waals surface area contributed by atoms with Crippen molar-refractivity contribution in [1.29, 1.82) is 0 Å². The van der Waals surface area contributed by atoms with Crippen molar-refractivity contribution in [3.05, 3.63) is 95.1 Å². The van der Waals surface area contributed by atoms with Gasteiger partial charge in [0.2, 0.25) is 0 Å². The van der Waals surface area contributed by atoms with E-state index in [0.717, 1.165) is 21.8 Å². The molecule has 4 rings (SSSR count). The van der Waals surface area contributed by atoms with E-state index in [9.17, 15) is 24.5 Å². The second kappa shape index (κ2) is 9.16. The molecule has 1 N–H and O–H groups in total. The molecule has 2 aromatic heterocycles. The maximum atomic E-state index is 12.8. The van der Waals surface area contributed by atoms with Crippen molar-refractivity contribution < 1.29 is 9.72 Å². The maximum Gasteiger partial charge on any atom is 0.328 e. The molecule has 0 saturated carbocycles. The van der Waals surface area contributed by atoms with Crippen molar-refractivity contribution >= 4 is 50.3 Å². The number of hydrogen-bond acceptors (Lipinski definition) is 7. The van der Waals surface area contributed by atoms with E-state index in [4.69, 9.17) is 0 Å². The summed E-state index contributed by atoms with van der Waals surface area (Å²) in [5, 5.41) is 11.0. The Labute approximate surface area is 198 Å². The Morgan fingerprint density at radius 1 is 1.21 bits per heavy atom. The Hall–Kier alpha value is -3.51. The summed E-state index contributed by atoms with van der Waals surface area (Å²) >= 11 is 4.43. The van der Waals surface area contributed by atoms with Crippen molar-refractivity contribution in [1.82, 2.24) is 19.1 Å². The highest BCUT2D eigenvalue weighted by Gasteiger charge is 2.18. The van der Waals surface area contributed by atoms with E-state index in [0.29, 0.717) is 11.2 Å². The summed E-state index contributed by atoms with van der Waals surface area (Å²) in [6, 6.07) is 12.7. The number of aryl methyl sites for hydroxylation is 1. The lowest BCUT2D eigenvalue weighted by molar-refractivity contribution is -0.384. The summed E-state index contributed by atoms with van der Waals surface area (Å²) in [5.74, 6) is -0.308. The number of hydrogen-bond donors (Lipinski definition) is 1. The van der Waals surface area contributed by atoms with E-state index in [-0.39, 0.29) is 34.4 Å². The predicted octanol–water partition coefficient (Wildman–Crippen LogP) is 3.12. The summed E-state index contributed by atoms with van der Waals surface area (Å²) < 4.78 is 3.75. The van der Waals surface area contributed by atoms with Crippen LogP contribution in [0.15, 0.2) is 67.7 Å². The largest absolute Gasteiger partial charge is 0.328 e. The molecule has 0 radical (unpaired) electrons. The number of thioether (sulfide) groups is 1. The number of nitrogens with zero attached hydrogens (tertiary/aromatic N) is 4. The zero-order valence-electron chi connectivity index (χ0n) is 17.1. The fourth-order valence-corrected chi connectivity index (χ4v) is 4.61. The van der Waals surface area contributed by atoms with Crippen molar-refractivity contribution in [2.45, 2.75) is 11.7 Å². The number of aromatic nitrogens is 4. The molecule has 0 saturated heterocycles. The minimum Gasteiger partial charge on any atom is -0.308 e. The van der Waals surface area contributed by atoms with Crippen LogP contribution in [0.4, 0.5) is 5.69 Å². The number of carbonyl (C=O) groups excluding carboxylic acids is 1. The monoisotopic (exact) mass is 529 g/mol. The molecule has 0 unspecified atom stereocenters. The first-order valence-electron chi connectivity index (χ1n) is 9.59. The highest BCUT2D eigenvalue weighted by molar-refractivity contribution is 9.10. The van der Waals surface area contributed by atoms with E-state index in [1.165, 1.54) is 28.8 Å². The molecule has 33 heavy (non-hydrogen) atoms. The van der Waals surface area contributed by atoms with Crippen LogP contribution >= 0.6 is 27.7 Å². The number of imidazole rings is 1. The zero-order valence-corrected chi connectivity index (χ0v) is 19.6. The third kappa shape index (κ3) is 4.66. The van der Waals surface area contributed by atoms with E-state index >= 15 is 0 Å². The van der Waals surface area contributed by atoms with Gasteiger partial charge < -0.3 is 4.57 Å². The molecule has 0 fully saturated rings. The Balaban J connectivity index is 1.60. The molecular formula is C21H16BrN5O5S. The van der Waals surface area contributed by atoms with Crippen LogP contribution in [0.2, 0.25) is 0 Å². The lowest BCUT2D eigenvalue weighted by atomic mass is 10.1. The van der Waals surface area contributed by atoms with Crippen molar-refractivity contribution in [3.63, 3.8) is 0 Å². The predicted molar refractivity (Wildman–Crippen MR) is 127 cm³/mol. The minimum atomic E-state index is -0.582. The number of nitro benzene ring substituents is 1. The number of nitro groups is 1. The molecule has 4 aromatic rings. The van der Waals surface area contributed by atoms with E-state index in [1.807, 2.05) is 24.3 Å². The fraction of sp³-hybridized carbons (Fsp3) is 0.143. The van der Waals surface area contributed by atoms with Gasteiger partial charge in [-0.05, 0) is 29.8 Å². The summed E-state index contributed by atoms with van der Waals surface area (Å²) in [6.07, 6.45) is 0. The van der Waals surface area contributed by atoms with Gasteiger partial charge in [-0.3, -0.25) is 29.3 Å². The van der Waals surface area contributed by atoms with Crippen LogP contribution in [-0.2, 0) is 13.6 Å². The number of benzene rings is 2. The van der Waals surface area contributed by atoms with Crippen LogP contribution in [0.1, 0.15) is 15.9 Å². The highest BCUT2D eigenvalue weighted by atomic mass is 79.9. The molecule has 2 aromatic carbocycles. The standard InChI is InChI=1S/C21H16BrN5O5S/c1-25-18-17(26(20(30)23-18)10-12-3-2-4-14(22)9-12)19(29)24-21(25)33-11-16(28)13-5-7-15(8-6-13)27(31)32/h2-9H,10-11H2,1H3,(H,23,30). The number of Topliss-reactive ketones (excluding diaryl/α,β-unsaturated/α-hetero) is 1. The van der Waals surface area contributed by atoms with Crippen molar-refractivity contribution in [2.24, 2.45) is 7.05 Å². The van der Waals surface area contributed by atoms with Gasteiger partial charge in [0.25, 0.3) is 11.2 Å². The molecule has 12 heteroatoms. The number of ketones is 1. The SMILES string of the molecule is Cn1c(SCC(=O)c2ccc([N+](=O)[O-])cc2)nc(=O)c2c1[nH]c(=O)n2Cc1cccc(Br)c1.